The van der Waals surface area contributed by atoms with Gasteiger partial charge in [-0.2, -0.15) is 0 Å². The fourth-order valence-corrected chi connectivity index (χ4v) is 2.61. The van der Waals surface area contributed by atoms with E-state index in [-0.39, 0.29) is 24.2 Å². The molecular formula is C19H24FN3O. The molecule has 0 radical (unpaired) electrons. The summed E-state index contributed by atoms with van der Waals surface area (Å²) < 4.78 is 13.1. The fourth-order valence-electron chi connectivity index (χ4n) is 2.61. The number of carbonyl (C=O) groups excluding carboxylic acids is 1. The molecule has 2 rings (SSSR count). The highest BCUT2D eigenvalue weighted by Crippen LogP contribution is 2.12. The second-order valence-electron chi connectivity index (χ2n) is 5.99. The Labute approximate surface area is 142 Å². The van der Waals surface area contributed by atoms with Crippen LogP contribution in [0, 0.1) is 5.82 Å². The lowest BCUT2D eigenvalue weighted by molar-refractivity contribution is -0.118. The standard InChI is InChI=1S/C19H24FN3O/c20-16-5-1-3-14(11-16)4-2-10-23-18-8-6-15(7-9-18)12-17(21)13-19(22)24/h1,3,5-9,11,17,23H,2,4,10,12-13,21H2,(H2,22,24). The molecule has 0 saturated carbocycles. The van der Waals surface area contributed by atoms with Gasteiger partial charge in [-0.25, -0.2) is 4.39 Å². The van der Waals surface area contributed by atoms with Crippen molar-refractivity contribution in [2.24, 2.45) is 11.5 Å². The number of hydrogen-bond acceptors (Lipinski definition) is 3. The van der Waals surface area contributed by atoms with E-state index in [1.807, 2.05) is 30.3 Å². The van der Waals surface area contributed by atoms with E-state index in [0.29, 0.717) is 6.42 Å². The normalized spacial score (nSPS) is 11.9. The van der Waals surface area contributed by atoms with Crippen molar-refractivity contribution in [3.63, 3.8) is 0 Å². The summed E-state index contributed by atoms with van der Waals surface area (Å²) in [5, 5.41) is 3.34. The van der Waals surface area contributed by atoms with Crippen LogP contribution in [0.1, 0.15) is 24.0 Å². The Kier molecular flexibility index (Phi) is 6.75. The van der Waals surface area contributed by atoms with Gasteiger partial charge in [0.15, 0.2) is 0 Å². The highest BCUT2D eigenvalue weighted by Gasteiger charge is 2.07. The molecule has 128 valence electrons. The van der Waals surface area contributed by atoms with Gasteiger partial charge in [0.1, 0.15) is 5.82 Å². The van der Waals surface area contributed by atoms with E-state index in [2.05, 4.69) is 5.32 Å². The number of nitrogens with two attached hydrogens (primary N) is 2. The van der Waals surface area contributed by atoms with E-state index < -0.39 is 0 Å². The number of primary amides is 1. The molecule has 1 amide bonds. The fraction of sp³-hybridized carbons (Fsp3) is 0.316. The van der Waals surface area contributed by atoms with Crippen molar-refractivity contribution in [1.82, 2.24) is 0 Å². The van der Waals surface area contributed by atoms with Gasteiger partial charge >= 0.3 is 0 Å². The monoisotopic (exact) mass is 329 g/mol. The Balaban J connectivity index is 1.72. The molecule has 2 aromatic carbocycles. The number of nitrogens with one attached hydrogen (secondary N) is 1. The Morgan fingerprint density at radius 1 is 1.12 bits per heavy atom. The minimum atomic E-state index is -0.376. The number of anilines is 1. The number of rotatable bonds is 9. The maximum atomic E-state index is 13.1. The number of amides is 1. The van der Waals surface area contributed by atoms with Crippen LogP contribution in [0.3, 0.4) is 0 Å². The molecule has 0 aliphatic rings. The topological polar surface area (TPSA) is 81.1 Å². The van der Waals surface area contributed by atoms with Gasteiger partial charge in [-0.1, -0.05) is 24.3 Å². The molecule has 1 atom stereocenters. The number of benzene rings is 2. The predicted octanol–water partition coefficient (Wildman–Crippen LogP) is 2.62. The van der Waals surface area contributed by atoms with Crippen molar-refractivity contribution in [3.05, 3.63) is 65.5 Å². The van der Waals surface area contributed by atoms with Gasteiger partial charge in [-0.15, -0.1) is 0 Å². The number of carbonyl (C=O) groups is 1. The van der Waals surface area contributed by atoms with Crippen molar-refractivity contribution in [1.29, 1.82) is 0 Å². The van der Waals surface area contributed by atoms with Gasteiger partial charge in [0.05, 0.1) is 0 Å². The summed E-state index contributed by atoms with van der Waals surface area (Å²) in [5.74, 6) is -0.565. The van der Waals surface area contributed by atoms with Crippen LogP contribution < -0.4 is 16.8 Å². The first-order valence-electron chi connectivity index (χ1n) is 8.14. The third-order valence-corrected chi connectivity index (χ3v) is 3.78. The zero-order valence-corrected chi connectivity index (χ0v) is 13.7. The van der Waals surface area contributed by atoms with Gasteiger partial charge in [0.25, 0.3) is 0 Å². The average Bonchev–Trinajstić information content (AvgIpc) is 2.52. The lowest BCUT2D eigenvalue weighted by Crippen LogP contribution is -2.29. The first kappa shape index (κ1) is 17.9. The van der Waals surface area contributed by atoms with Crippen molar-refractivity contribution in [2.75, 3.05) is 11.9 Å². The molecule has 0 heterocycles. The second kappa shape index (κ2) is 9.03. The number of hydrogen-bond donors (Lipinski definition) is 3. The van der Waals surface area contributed by atoms with E-state index in [1.165, 1.54) is 6.07 Å². The smallest absolute Gasteiger partial charge is 0.218 e. The largest absolute Gasteiger partial charge is 0.385 e. The van der Waals surface area contributed by atoms with Crippen LogP contribution in [0.5, 0.6) is 0 Å². The van der Waals surface area contributed by atoms with E-state index >= 15 is 0 Å². The zero-order chi connectivity index (χ0) is 17.4. The molecular weight excluding hydrogens is 305 g/mol. The van der Waals surface area contributed by atoms with Crippen LogP contribution >= 0.6 is 0 Å². The van der Waals surface area contributed by atoms with Gasteiger partial charge in [0.2, 0.25) is 5.91 Å². The molecule has 0 saturated heterocycles. The molecule has 0 aliphatic carbocycles. The molecule has 5 N–H and O–H groups in total. The van der Waals surface area contributed by atoms with Crippen molar-refractivity contribution in [3.8, 4) is 0 Å². The van der Waals surface area contributed by atoms with Crippen molar-refractivity contribution >= 4 is 11.6 Å². The Hall–Kier alpha value is -2.40. The van der Waals surface area contributed by atoms with Crippen LogP contribution in [-0.4, -0.2) is 18.5 Å². The van der Waals surface area contributed by atoms with Crippen molar-refractivity contribution in [2.45, 2.75) is 31.7 Å². The van der Waals surface area contributed by atoms with Gasteiger partial charge in [-0.3, -0.25) is 4.79 Å². The molecule has 2 aromatic rings. The summed E-state index contributed by atoms with van der Waals surface area (Å²) in [6, 6.07) is 14.4. The summed E-state index contributed by atoms with van der Waals surface area (Å²) >= 11 is 0. The Morgan fingerprint density at radius 3 is 2.54 bits per heavy atom. The van der Waals surface area contributed by atoms with Crippen LogP contribution in [0.25, 0.3) is 0 Å². The number of halogens is 1. The summed E-state index contributed by atoms with van der Waals surface area (Å²) in [6.07, 6.45) is 2.59. The van der Waals surface area contributed by atoms with E-state index in [9.17, 15) is 9.18 Å². The molecule has 0 bridgehead atoms. The molecule has 4 nitrogen and oxygen atoms in total. The maximum absolute atomic E-state index is 13.1. The van der Waals surface area contributed by atoms with Crippen LogP contribution in [0.15, 0.2) is 48.5 Å². The first-order chi connectivity index (χ1) is 11.5. The average molecular weight is 329 g/mol. The summed E-state index contributed by atoms with van der Waals surface area (Å²) in [5.41, 5.74) is 14.1. The molecule has 0 aliphatic heterocycles. The maximum Gasteiger partial charge on any atom is 0.218 e. The molecule has 0 fully saturated rings. The minimum Gasteiger partial charge on any atom is -0.385 e. The summed E-state index contributed by atoms with van der Waals surface area (Å²) in [4.78, 5) is 10.8. The predicted molar refractivity (Wildman–Crippen MR) is 95.1 cm³/mol. The summed E-state index contributed by atoms with van der Waals surface area (Å²) in [6.45, 7) is 0.817. The van der Waals surface area contributed by atoms with Gasteiger partial charge in [0, 0.05) is 24.7 Å². The zero-order valence-electron chi connectivity index (χ0n) is 13.7. The summed E-state index contributed by atoms with van der Waals surface area (Å²) in [7, 11) is 0. The third kappa shape index (κ3) is 6.38. The van der Waals surface area contributed by atoms with Gasteiger partial charge in [-0.05, 0) is 54.7 Å². The second-order valence-corrected chi connectivity index (χ2v) is 5.99. The van der Waals surface area contributed by atoms with Crippen LogP contribution in [0.4, 0.5) is 10.1 Å². The SMILES string of the molecule is NC(=O)CC(N)Cc1ccc(NCCCc2cccc(F)c2)cc1. The quantitative estimate of drug-likeness (QED) is 0.619. The van der Waals surface area contributed by atoms with Crippen molar-refractivity contribution < 1.29 is 9.18 Å². The minimum absolute atomic E-state index is 0.189. The lowest BCUT2D eigenvalue weighted by atomic mass is 10.0. The Morgan fingerprint density at radius 2 is 1.88 bits per heavy atom. The first-order valence-corrected chi connectivity index (χ1v) is 8.14. The highest BCUT2D eigenvalue weighted by atomic mass is 19.1. The Bertz CT molecular complexity index is 658. The van der Waals surface area contributed by atoms with E-state index in [4.69, 9.17) is 11.5 Å². The molecule has 0 aromatic heterocycles. The molecule has 5 heteroatoms. The highest BCUT2D eigenvalue weighted by molar-refractivity contribution is 5.74. The number of aryl methyl sites for hydroxylation is 1. The third-order valence-electron chi connectivity index (χ3n) is 3.78. The lowest BCUT2D eigenvalue weighted by Gasteiger charge is -2.11. The molecule has 1 unspecified atom stereocenters. The van der Waals surface area contributed by atoms with E-state index in [0.717, 1.165) is 36.2 Å². The molecule has 24 heavy (non-hydrogen) atoms. The molecule has 0 spiro atoms. The van der Waals surface area contributed by atoms with Crippen LogP contribution in [0.2, 0.25) is 0 Å². The van der Waals surface area contributed by atoms with Crippen LogP contribution in [-0.2, 0) is 17.6 Å². The van der Waals surface area contributed by atoms with E-state index in [1.54, 1.807) is 12.1 Å². The van der Waals surface area contributed by atoms with Gasteiger partial charge < -0.3 is 16.8 Å².